The van der Waals surface area contributed by atoms with E-state index < -0.39 is 10.0 Å². The Morgan fingerprint density at radius 1 is 1.03 bits per heavy atom. The summed E-state index contributed by atoms with van der Waals surface area (Å²) in [5.41, 5.74) is 1.90. The highest BCUT2D eigenvalue weighted by molar-refractivity contribution is 7.89. The zero-order chi connectivity index (χ0) is 22.0. The molecule has 1 fully saturated rings. The number of carbonyl (C=O) groups excluding carboxylic acids is 1. The van der Waals surface area contributed by atoms with Crippen LogP contribution in [-0.4, -0.2) is 47.5 Å². The van der Waals surface area contributed by atoms with Gasteiger partial charge in [0.05, 0.1) is 10.6 Å². The Hall–Kier alpha value is -3.04. The van der Waals surface area contributed by atoms with Crippen LogP contribution in [0.1, 0.15) is 28.9 Å². The molecule has 1 aliphatic heterocycles. The fraction of sp³-hybridized carbons (Fsp3) is 0.273. The lowest BCUT2D eigenvalue weighted by atomic mass is 10.1. The molecule has 0 saturated carbocycles. The van der Waals surface area contributed by atoms with Crippen LogP contribution in [0.5, 0.6) is 0 Å². The van der Waals surface area contributed by atoms with Crippen molar-refractivity contribution in [3.05, 3.63) is 77.9 Å². The molecule has 1 saturated heterocycles. The van der Waals surface area contributed by atoms with Crippen molar-refractivity contribution in [2.24, 2.45) is 0 Å². The Balaban J connectivity index is 1.35. The first kappa shape index (κ1) is 21.2. The Labute approximate surface area is 180 Å². The van der Waals surface area contributed by atoms with E-state index in [4.69, 9.17) is 0 Å². The van der Waals surface area contributed by atoms with E-state index in [9.17, 15) is 17.6 Å². The van der Waals surface area contributed by atoms with Crippen LogP contribution in [0.15, 0.2) is 65.7 Å². The lowest BCUT2D eigenvalue weighted by Crippen LogP contribution is -2.46. The summed E-state index contributed by atoms with van der Waals surface area (Å²) in [7, 11) is -3.53. The predicted octanol–water partition coefficient (Wildman–Crippen LogP) is 2.90. The molecule has 9 heteroatoms. The Bertz CT molecular complexity index is 1170. The van der Waals surface area contributed by atoms with E-state index in [2.05, 4.69) is 10.4 Å². The molecule has 0 bridgehead atoms. The first-order chi connectivity index (χ1) is 14.8. The van der Waals surface area contributed by atoms with Crippen LogP contribution >= 0.6 is 0 Å². The molecule has 1 aromatic heterocycles. The van der Waals surface area contributed by atoms with Crippen LogP contribution in [0.4, 0.5) is 4.39 Å². The van der Waals surface area contributed by atoms with Gasteiger partial charge in [0.15, 0.2) is 5.69 Å². The van der Waals surface area contributed by atoms with Gasteiger partial charge in [0.2, 0.25) is 10.0 Å². The largest absolute Gasteiger partial charge is 0.348 e. The van der Waals surface area contributed by atoms with Crippen LogP contribution in [0.2, 0.25) is 0 Å². The van der Waals surface area contributed by atoms with Crippen molar-refractivity contribution in [3.8, 4) is 5.69 Å². The van der Waals surface area contributed by atoms with Gasteiger partial charge >= 0.3 is 0 Å². The van der Waals surface area contributed by atoms with E-state index in [1.807, 2.05) is 6.92 Å². The van der Waals surface area contributed by atoms with Gasteiger partial charge in [-0.15, -0.1) is 0 Å². The van der Waals surface area contributed by atoms with Gasteiger partial charge in [-0.2, -0.15) is 9.40 Å². The van der Waals surface area contributed by atoms with Gasteiger partial charge in [-0.25, -0.2) is 17.5 Å². The van der Waals surface area contributed by atoms with Crippen molar-refractivity contribution in [1.82, 2.24) is 19.4 Å². The van der Waals surface area contributed by atoms with Crippen LogP contribution in [0.3, 0.4) is 0 Å². The number of sulfonamides is 1. The van der Waals surface area contributed by atoms with Gasteiger partial charge in [0, 0.05) is 25.3 Å². The maximum atomic E-state index is 13.1. The summed E-state index contributed by atoms with van der Waals surface area (Å²) in [5, 5.41) is 7.18. The van der Waals surface area contributed by atoms with Crippen LogP contribution in [0.25, 0.3) is 5.69 Å². The number of hydrogen-bond acceptors (Lipinski definition) is 4. The second kappa shape index (κ2) is 8.60. The minimum Gasteiger partial charge on any atom is -0.348 e. The predicted molar refractivity (Wildman–Crippen MR) is 114 cm³/mol. The Morgan fingerprint density at radius 3 is 2.32 bits per heavy atom. The molecule has 2 aromatic carbocycles. The molecule has 0 atom stereocenters. The minimum absolute atomic E-state index is 0.132. The molecule has 7 nitrogen and oxygen atoms in total. The summed E-state index contributed by atoms with van der Waals surface area (Å²) in [6, 6.07) is 14.1. The van der Waals surface area contributed by atoms with Crippen molar-refractivity contribution in [2.45, 2.75) is 30.7 Å². The Kier molecular flexibility index (Phi) is 5.88. The number of nitrogens with zero attached hydrogens (tertiary/aromatic N) is 3. The topological polar surface area (TPSA) is 84.3 Å². The van der Waals surface area contributed by atoms with Crippen molar-refractivity contribution < 1.29 is 17.6 Å². The SMILES string of the molecule is Cc1ccc(S(=O)(=O)N2CCC(NC(=O)c3ccn(-c4ccc(F)cc4)n3)CC2)cc1. The summed E-state index contributed by atoms with van der Waals surface area (Å²) in [6.45, 7) is 2.59. The zero-order valence-corrected chi connectivity index (χ0v) is 17.8. The monoisotopic (exact) mass is 442 g/mol. The normalized spacial score (nSPS) is 15.7. The molecule has 4 rings (SSSR count). The average molecular weight is 443 g/mol. The van der Waals surface area contributed by atoms with Gasteiger partial charge < -0.3 is 5.32 Å². The van der Waals surface area contributed by atoms with Crippen molar-refractivity contribution in [2.75, 3.05) is 13.1 Å². The van der Waals surface area contributed by atoms with Crippen LogP contribution < -0.4 is 5.32 Å². The second-order valence-electron chi connectivity index (χ2n) is 7.59. The molecular weight excluding hydrogens is 419 g/mol. The van der Waals surface area contributed by atoms with Crippen LogP contribution in [-0.2, 0) is 10.0 Å². The quantitative estimate of drug-likeness (QED) is 0.659. The molecule has 0 aliphatic carbocycles. The number of carbonyl (C=O) groups is 1. The van der Waals surface area contributed by atoms with Gasteiger partial charge in [0.1, 0.15) is 5.82 Å². The summed E-state index contributed by atoms with van der Waals surface area (Å²) in [4.78, 5) is 12.8. The molecule has 31 heavy (non-hydrogen) atoms. The number of piperidine rings is 1. The smallest absolute Gasteiger partial charge is 0.272 e. The zero-order valence-electron chi connectivity index (χ0n) is 17.0. The van der Waals surface area contributed by atoms with E-state index in [-0.39, 0.29) is 28.4 Å². The van der Waals surface area contributed by atoms with E-state index >= 15 is 0 Å². The highest BCUT2D eigenvalue weighted by atomic mass is 32.2. The molecule has 1 amide bonds. The maximum absolute atomic E-state index is 13.1. The van der Waals surface area contributed by atoms with Gasteiger partial charge in [-0.05, 0) is 62.2 Å². The van der Waals surface area contributed by atoms with Crippen molar-refractivity contribution >= 4 is 15.9 Å². The second-order valence-corrected chi connectivity index (χ2v) is 9.52. The number of aryl methyl sites for hydroxylation is 1. The third kappa shape index (κ3) is 4.67. The molecule has 0 spiro atoms. The first-order valence-electron chi connectivity index (χ1n) is 10.0. The number of nitrogens with one attached hydrogen (secondary N) is 1. The molecule has 0 unspecified atom stereocenters. The number of benzene rings is 2. The summed E-state index contributed by atoms with van der Waals surface area (Å²) in [5.74, 6) is -0.662. The molecule has 3 aromatic rings. The molecule has 2 heterocycles. The van der Waals surface area contributed by atoms with Crippen molar-refractivity contribution in [3.63, 3.8) is 0 Å². The molecule has 1 aliphatic rings. The highest BCUT2D eigenvalue weighted by Crippen LogP contribution is 2.21. The standard InChI is InChI=1S/C22H23FN4O3S/c1-16-2-8-20(9-3-16)31(29,30)26-13-10-18(11-14-26)24-22(28)21-12-15-27(25-21)19-6-4-17(23)5-7-19/h2-9,12,15,18H,10-11,13-14H2,1H3,(H,24,28). The summed E-state index contributed by atoms with van der Waals surface area (Å²) < 4.78 is 41.7. The van der Waals surface area contributed by atoms with Gasteiger partial charge in [-0.3, -0.25) is 4.79 Å². The fourth-order valence-corrected chi connectivity index (χ4v) is 5.01. The molecule has 162 valence electrons. The molecular formula is C22H23FN4O3S. The molecule has 0 radical (unpaired) electrons. The number of halogens is 1. The number of hydrogen-bond donors (Lipinski definition) is 1. The molecule has 1 N–H and O–H groups in total. The van der Waals surface area contributed by atoms with Crippen molar-refractivity contribution in [1.29, 1.82) is 0 Å². The minimum atomic E-state index is -3.53. The third-order valence-electron chi connectivity index (χ3n) is 5.36. The summed E-state index contributed by atoms with van der Waals surface area (Å²) in [6.07, 6.45) is 2.68. The van der Waals surface area contributed by atoms with Gasteiger partial charge in [0.25, 0.3) is 5.91 Å². The van der Waals surface area contributed by atoms with Crippen LogP contribution in [0, 0.1) is 12.7 Å². The van der Waals surface area contributed by atoms with E-state index in [0.29, 0.717) is 31.6 Å². The lowest BCUT2D eigenvalue weighted by Gasteiger charge is -2.31. The average Bonchev–Trinajstić information content (AvgIpc) is 3.25. The third-order valence-corrected chi connectivity index (χ3v) is 7.27. The van der Waals surface area contributed by atoms with E-state index in [1.54, 1.807) is 48.7 Å². The highest BCUT2D eigenvalue weighted by Gasteiger charge is 2.30. The first-order valence-corrected chi connectivity index (χ1v) is 11.5. The van der Waals surface area contributed by atoms with Gasteiger partial charge in [-0.1, -0.05) is 17.7 Å². The van der Waals surface area contributed by atoms with E-state index in [0.717, 1.165) is 5.56 Å². The number of aromatic nitrogens is 2. The maximum Gasteiger partial charge on any atom is 0.272 e. The number of amides is 1. The fourth-order valence-electron chi connectivity index (χ4n) is 3.54. The Morgan fingerprint density at radius 2 is 1.68 bits per heavy atom. The summed E-state index contributed by atoms with van der Waals surface area (Å²) >= 11 is 0. The lowest BCUT2D eigenvalue weighted by molar-refractivity contribution is 0.0918. The van der Waals surface area contributed by atoms with E-state index in [1.165, 1.54) is 21.1 Å². The number of rotatable bonds is 5.